The molecule has 2 aromatic carbocycles. The highest BCUT2D eigenvalue weighted by atomic mass is 35.5. The minimum Gasteiger partial charge on any atom is -0.497 e. The highest BCUT2D eigenvalue weighted by molar-refractivity contribution is 6.30. The van der Waals surface area contributed by atoms with Gasteiger partial charge in [-0.2, -0.15) is 0 Å². The molecule has 0 spiro atoms. The average Bonchev–Trinajstić information content (AvgIpc) is 2.71. The number of aryl methyl sites for hydroxylation is 1. The van der Waals surface area contributed by atoms with Crippen LogP contribution in [0.25, 0.3) is 0 Å². The van der Waals surface area contributed by atoms with Crippen LogP contribution in [-0.2, 0) is 20.9 Å². The van der Waals surface area contributed by atoms with Gasteiger partial charge in [0.2, 0.25) is 0 Å². The number of amides is 1. The van der Waals surface area contributed by atoms with Gasteiger partial charge in [-0.1, -0.05) is 23.7 Å². The fourth-order valence-corrected chi connectivity index (χ4v) is 2.79. The number of esters is 1. The predicted molar refractivity (Wildman–Crippen MR) is 111 cm³/mol. The molecule has 0 radical (unpaired) electrons. The second-order valence-corrected chi connectivity index (χ2v) is 7.00. The molecule has 2 rings (SSSR count). The third-order valence-electron chi connectivity index (χ3n) is 4.22. The Morgan fingerprint density at radius 1 is 1.14 bits per heavy atom. The Labute approximate surface area is 176 Å². The van der Waals surface area contributed by atoms with Gasteiger partial charge in [-0.3, -0.25) is 9.59 Å². The summed E-state index contributed by atoms with van der Waals surface area (Å²) >= 11 is 5.91. The first-order chi connectivity index (χ1) is 13.9. The van der Waals surface area contributed by atoms with Crippen LogP contribution >= 0.6 is 11.6 Å². The van der Waals surface area contributed by atoms with Crippen molar-refractivity contribution in [1.82, 2.24) is 5.32 Å². The SMILES string of the molecule is COc1ccc(CNC(=O)[C@@H](C)OC(=O)CCCOc2ccc(Cl)cc2C)cc1. The number of halogens is 1. The minimum absolute atomic E-state index is 0.169. The molecule has 1 atom stereocenters. The molecule has 1 amide bonds. The van der Waals surface area contributed by atoms with Gasteiger partial charge in [-0.15, -0.1) is 0 Å². The second kappa shape index (κ2) is 11.3. The van der Waals surface area contributed by atoms with E-state index < -0.39 is 12.1 Å². The molecule has 0 saturated carbocycles. The summed E-state index contributed by atoms with van der Waals surface area (Å²) in [6.45, 7) is 4.17. The summed E-state index contributed by atoms with van der Waals surface area (Å²) in [5.41, 5.74) is 1.86. The van der Waals surface area contributed by atoms with Crippen LogP contribution in [0.3, 0.4) is 0 Å². The summed E-state index contributed by atoms with van der Waals surface area (Å²) < 4.78 is 15.9. The Kier molecular flexibility index (Phi) is 8.80. The van der Waals surface area contributed by atoms with Crippen molar-refractivity contribution in [2.24, 2.45) is 0 Å². The van der Waals surface area contributed by atoms with Crippen LogP contribution in [0, 0.1) is 6.92 Å². The average molecular weight is 420 g/mol. The summed E-state index contributed by atoms with van der Waals surface area (Å²) in [6.07, 6.45) is -0.204. The van der Waals surface area contributed by atoms with Gasteiger partial charge < -0.3 is 19.5 Å². The number of methoxy groups -OCH3 is 1. The van der Waals surface area contributed by atoms with Crippen molar-refractivity contribution in [2.45, 2.75) is 39.3 Å². The Hall–Kier alpha value is -2.73. The number of benzene rings is 2. The molecule has 2 aromatic rings. The minimum atomic E-state index is -0.861. The van der Waals surface area contributed by atoms with Crippen LogP contribution in [0.2, 0.25) is 5.02 Å². The number of ether oxygens (including phenoxy) is 3. The third kappa shape index (κ3) is 7.66. The molecule has 0 bridgehead atoms. The van der Waals surface area contributed by atoms with Crippen molar-refractivity contribution in [1.29, 1.82) is 0 Å². The first-order valence-corrected chi connectivity index (χ1v) is 9.76. The van der Waals surface area contributed by atoms with Crippen LogP contribution in [0.4, 0.5) is 0 Å². The Morgan fingerprint density at radius 3 is 2.52 bits per heavy atom. The smallest absolute Gasteiger partial charge is 0.306 e. The van der Waals surface area contributed by atoms with E-state index in [0.29, 0.717) is 24.6 Å². The molecule has 0 aliphatic carbocycles. The zero-order valence-corrected chi connectivity index (χ0v) is 17.6. The van der Waals surface area contributed by atoms with E-state index in [1.54, 1.807) is 26.2 Å². The normalized spacial score (nSPS) is 11.4. The van der Waals surface area contributed by atoms with Gasteiger partial charge in [-0.05, 0) is 61.7 Å². The Morgan fingerprint density at radius 2 is 1.86 bits per heavy atom. The number of carbonyl (C=O) groups is 2. The maximum atomic E-state index is 12.1. The van der Waals surface area contributed by atoms with Gasteiger partial charge in [0.15, 0.2) is 6.10 Å². The van der Waals surface area contributed by atoms with Crippen LogP contribution in [0.15, 0.2) is 42.5 Å². The van der Waals surface area contributed by atoms with Gasteiger partial charge in [-0.25, -0.2) is 0 Å². The van der Waals surface area contributed by atoms with Gasteiger partial charge in [0.25, 0.3) is 5.91 Å². The zero-order chi connectivity index (χ0) is 21.2. The van der Waals surface area contributed by atoms with Crippen molar-refractivity contribution in [3.05, 3.63) is 58.6 Å². The van der Waals surface area contributed by atoms with Crippen LogP contribution in [-0.4, -0.2) is 31.7 Å². The van der Waals surface area contributed by atoms with E-state index in [1.807, 2.05) is 37.3 Å². The Balaban J connectivity index is 1.65. The number of hydrogen-bond acceptors (Lipinski definition) is 5. The van der Waals surface area contributed by atoms with Crippen LogP contribution in [0.1, 0.15) is 30.9 Å². The highest BCUT2D eigenvalue weighted by Gasteiger charge is 2.17. The standard InChI is InChI=1S/C22H26ClNO5/c1-15-13-18(23)8-11-20(15)28-12-4-5-21(25)29-16(2)22(26)24-14-17-6-9-19(27-3)10-7-17/h6-11,13,16H,4-5,12,14H2,1-3H3,(H,24,26)/t16-/m1/s1. The maximum Gasteiger partial charge on any atom is 0.306 e. The molecular formula is C22H26ClNO5. The summed E-state index contributed by atoms with van der Waals surface area (Å²) in [5, 5.41) is 3.40. The van der Waals surface area contributed by atoms with E-state index in [2.05, 4.69) is 5.32 Å². The molecule has 0 saturated heterocycles. The molecule has 1 N–H and O–H groups in total. The van der Waals surface area contributed by atoms with Gasteiger partial charge in [0.1, 0.15) is 11.5 Å². The Bertz CT molecular complexity index is 822. The lowest BCUT2D eigenvalue weighted by Gasteiger charge is -2.14. The lowest BCUT2D eigenvalue weighted by Crippen LogP contribution is -2.35. The molecule has 29 heavy (non-hydrogen) atoms. The number of carbonyl (C=O) groups excluding carboxylic acids is 2. The maximum absolute atomic E-state index is 12.1. The largest absolute Gasteiger partial charge is 0.497 e. The first kappa shape index (κ1) is 22.6. The lowest BCUT2D eigenvalue weighted by molar-refractivity contribution is -0.155. The fourth-order valence-electron chi connectivity index (χ4n) is 2.56. The van der Waals surface area contributed by atoms with E-state index in [4.69, 9.17) is 25.8 Å². The van der Waals surface area contributed by atoms with Crippen LogP contribution in [0.5, 0.6) is 11.5 Å². The second-order valence-electron chi connectivity index (χ2n) is 6.56. The van der Waals surface area contributed by atoms with E-state index >= 15 is 0 Å². The van der Waals surface area contributed by atoms with Gasteiger partial charge in [0.05, 0.1) is 13.7 Å². The van der Waals surface area contributed by atoms with E-state index in [9.17, 15) is 9.59 Å². The highest BCUT2D eigenvalue weighted by Crippen LogP contribution is 2.22. The van der Waals surface area contributed by atoms with Crippen molar-refractivity contribution < 1.29 is 23.8 Å². The van der Waals surface area contributed by atoms with Gasteiger partial charge >= 0.3 is 5.97 Å². The monoisotopic (exact) mass is 419 g/mol. The zero-order valence-electron chi connectivity index (χ0n) is 16.9. The van der Waals surface area contributed by atoms with Gasteiger partial charge in [0, 0.05) is 18.0 Å². The van der Waals surface area contributed by atoms with E-state index in [-0.39, 0.29) is 12.3 Å². The van der Waals surface area contributed by atoms with E-state index in [1.165, 1.54) is 0 Å². The van der Waals surface area contributed by atoms with Crippen molar-refractivity contribution in [3.8, 4) is 11.5 Å². The molecule has 0 aromatic heterocycles. The molecule has 0 fully saturated rings. The molecule has 0 aliphatic heterocycles. The van der Waals surface area contributed by atoms with E-state index in [0.717, 1.165) is 22.6 Å². The third-order valence-corrected chi connectivity index (χ3v) is 4.46. The topological polar surface area (TPSA) is 73.9 Å². The predicted octanol–water partition coefficient (Wildman–Crippen LogP) is 4.06. The lowest BCUT2D eigenvalue weighted by atomic mass is 10.2. The summed E-state index contributed by atoms with van der Waals surface area (Å²) in [7, 11) is 1.59. The summed E-state index contributed by atoms with van der Waals surface area (Å²) in [4.78, 5) is 24.0. The first-order valence-electron chi connectivity index (χ1n) is 9.38. The molecule has 7 heteroatoms. The van der Waals surface area contributed by atoms with Crippen molar-refractivity contribution >= 4 is 23.5 Å². The molecule has 6 nitrogen and oxygen atoms in total. The number of nitrogens with one attached hydrogen (secondary N) is 1. The summed E-state index contributed by atoms with van der Waals surface area (Å²) in [6, 6.07) is 12.7. The van der Waals surface area contributed by atoms with Crippen molar-refractivity contribution in [2.75, 3.05) is 13.7 Å². The molecule has 0 aliphatic rings. The summed E-state index contributed by atoms with van der Waals surface area (Å²) in [5.74, 6) is 0.697. The number of hydrogen-bond donors (Lipinski definition) is 1. The van der Waals surface area contributed by atoms with Crippen molar-refractivity contribution in [3.63, 3.8) is 0 Å². The molecule has 0 heterocycles. The molecule has 0 unspecified atom stereocenters. The number of rotatable bonds is 10. The molecular weight excluding hydrogens is 394 g/mol. The quantitative estimate of drug-likeness (QED) is 0.464. The molecule has 156 valence electrons. The van der Waals surface area contributed by atoms with Crippen LogP contribution < -0.4 is 14.8 Å². The fraction of sp³-hybridized carbons (Fsp3) is 0.364.